The summed E-state index contributed by atoms with van der Waals surface area (Å²) in [6.45, 7) is 1.07. The van der Waals surface area contributed by atoms with Gasteiger partial charge in [-0.1, -0.05) is 29.3 Å². The molecule has 1 aliphatic heterocycles. The Labute approximate surface area is 176 Å². The summed E-state index contributed by atoms with van der Waals surface area (Å²) in [4.78, 5) is 17.1. The highest BCUT2D eigenvalue weighted by atomic mass is 35.5. The van der Waals surface area contributed by atoms with Crippen LogP contribution in [0.25, 0.3) is 11.0 Å². The van der Waals surface area contributed by atoms with Crippen LogP contribution in [0.4, 0.5) is 10.1 Å². The summed E-state index contributed by atoms with van der Waals surface area (Å²) in [6.07, 6.45) is 1.85. The fourth-order valence-corrected chi connectivity index (χ4v) is 3.49. The molecule has 0 aliphatic carbocycles. The molecule has 2 aromatic carbocycles. The molecule has 29 heavy (non-hydrogen) atoms. The molecule has 1 aromatic heterocycles. The first-order valence-corrected chi connectivity index (χ1v) is 9.89. The lowest BCUT2D eigenvalue weighted by Crippen LogP contribution is -2.34. The SMILES string of the molecule is O=C(NC[C@@H]1CCCO1)c1cc2cc(Cl)ccc2oc1=Nc1cccc(Cl)c1F. The van der Waals surface area contributed by atoms with Gasteiger partial charge < -0.3 is 14.5 Å². The predicted molar refractivity (Wildman–Crippen MR) is 109 cm³/mol. The van der Waals surface area contributed by atoms with Crippen molar-refractivity contribution in [3.05, 3.63) is 69.4 Å². The van der Waals surface area contributed by atoms with Gasteiger partial charge in [-0.2, -0.15) is 0 Å². The van der Waals surface area contributed by atoms with Gasteiger partial charge in [0.1, 0.15) is 16.8 Å². The van der Waals surface area contributed by atoms with Gasteiger partial charge in [0.2, 0.25) is 5.55 Å². The second kappa shape index (κ2) is 8.53. The lowest BCUT2D eigenvalue weighted by molar-refractivity contribution is 0.0854. The third kappa shape index (κ3) is 4.45. The minimum Gasteiger partial charge on any atom is -0.438 e. The molecule has 1 amide bonds. The molecule has 8 heteroatoms. The molecular weight excluding hydrogens is 418 g/mol. The Bertz CT molecular complexity index is 1140. The number of nitrogens with zero attached hydrogens (tertiary/aromatic N) is 1. The number of halogens is 3. The molecule has 5 nitrogen and oxygen atoms in total. The van der Waals surface area contributed by atoms with Crippen molar-refractivity contribution in [2.24, 2.45) is 4.99 Å². The quantitative estimate of drug-likeness (QED) is 0.626. The number of fused-ring (bicyclic) bond motifs is 1. The Kier molecular flexibility index (Phi) is 5.85. The van der Waals surface area contributed by atoms with Gasteiger partial charge in [0.05, 0.1) is 11.1 Å². The fraction of sp³-hybridized carbons (Fsp3) is 0.238. The minimum atomic E-state index is -0.689. The van der Waals surface area contributed by atoms with E-state index in [4.69, 9.17) is 32.4 Å². The van der Waals surface area contributed by atoms with E-state index in [0.717, 1.165) is 12.8 Å². The minimum absolute atomic E-state index is 0.0171. The number of carbonyl (C=O) groups is 1. The number of ether oxygens (including phenoxy) is 1. The van der Waals surface area contributed by atoms with Crippen LogP contribution < -0.4 is 10.9 Å². The van der Waals surface area contributed by atoms with Crippen molar-refractivity contribution in [1.82, 2.24) is 5.32 Å². The van der Waals surface area contributed by atoms with Gasteiger partial charge in [-0.3, -0.25) is 4.79 Å². The highest BCUT2D eigenvalue weighted by Gasteiger charge is 2.19. The molecule has 1 N–H and O–H groups in total. The Hall–Kier alpha value is -2.41. The largest absolute Gasteiger partial charge is 0.438 e. The second-order valence-corrected chi connectivity index (χ2v) is 7.52. The Morgan fingerprint density at radius 3 is 2.90 bits per heavy atom. The summed E-state index contributed by atoms with van der Waals surface area (Å²) in [7, 11) is 0. The van der Waals surface area contributed by atoms with Crippen LogP contribution in [-0.2, 0) is 4.74 Å². The van der Waals surface area contributed by atoms with Crippen LogP contribution in [0.1, 0.15) is 23.2 Å². The molecule has 3 aromatic rings. The first-order chi connectivity index (χ1) is 14.0. The molecule has 4 rings (SSSR count). The Morgan fingerprint density at radius 2 is 2.10 bits per heavy atom. The maximum Gasteiger partial charge on any atom is 0.256 e. The average molecular weight is 435 g/mol. The van der Waals surface area contributed by atoms with E-state index >= 15 is 0 Å². The van der Waals surface area contributed by atoms with E-state index in [2.05, 4.69) is 10.3 Å². The maximum absolute atomic E-state index is 14.3. The summed E-state index contributed by atoms with van der Waals surface area (Å²) in [5, 5.41) is 3.90. The Balaban J connectivity index is 1.79. The van der Waals surface area contributed by atoms with E-state index in [1.54, 1.807) is 30.3 Å². The van der Waals surface area contributed by atoms with Crippen molar-refractivity contribution in [2.75, 3.05) is 13.2 Å². The van der Waals surface area contributed by atoms with Gasteiger partial charge in [0, 0.05) is 23.6 Å². The van der Waals surface area contributed by atoms with E-state index in [1.807, 2.05) is 0 Å². The Morgan fingerprint density at radius 1 is 1.24 bits per heavy atom. The molecule has 0 unspecified atom stereocenters. The van der Waals surface area contributed by atoms with E-state index < -0.39 is 11.7 Å². The highest BCUT2D eigenvalue weighted by Crippen LogP contribution is 2.25. The van der Waals surface area contributed by atoms with Crippen molar-refractivity contribution in [3.8, 4) is 0 Å². The van der Waals surface area contributed by atoms with Crippen LogP contribution in [-0.4, -0.2) is 25.2 Å². The van der Waals surface area contributed by atoms with Crippen LogP contribution in [0.15, 0.2) is 51.9 Å². The standard InChI is InChI=1S/C21H17Cl2FN2O3/c22-13-6-7-18-12(9-13)10-15(20(27)25-11-14-3-2-8-28-14)21(29-18)26-17-5-1-4-16(23)19(17)24/h1,4-7,9-10,14H,2-3,8,11H2,(H,25,27)/t14-/m0/s1. The van der Waals surface area contributed by atoms with Gasteiger partial charge in [-0.25, -0.2) is 9.38 Å². The molecule has 1 aliphatic rings. The molecule has 1 fully saturated rings. The maximum atomic E-state index is 14.3. The zero-order chi connectivity index (χ0) is 20.4. The number of hydrogen-bond donors (Lipinski definition) is 1. The van der Waals surface area contributed by atoms with Crippen LogP contribution in [0.3, 0.4) is 0 Å². The molecular formula is C21H17Cl2FN2O3. The molecule has 0 saturated carbocycles. The zero-order valence-corrected chi connectivity index (χ0v) is 16.8. The van der Waals surface area contributed by atoms with Crippen molar-refractivity contribution in [3.63, 3.8) is 0 Å². The van der Waals surface area contributed by atoms with Gasteiger partial charge in [-0.05, 0) is 49.2 Å². The number of amides is 1. The van der Waals surface area contributed by atoms with Gasteiger partial charge in [-0.15, -0.1) is 0 Å². The van der Waals surface area contributed by atoms with Crippen LogP contribution in [0, 0.1) is 5.82 Å². The predicted octanol–water partition coefficient (Wildman–Crippen LogP) is 5.02. The lowest BCUT2D eigenvalue weighted by atomic mass is 10.1. The zero-order valence-electron chi connectivity index (χ0n) is 15.3. The summed E-state index contributed by atoms with van der Waals surface area (Å²) in [6, 6.07) is 11.1. The van der Waals surface area contributed by atoms with Gasteiger partial charge >= 0.3 is 0 Å². The molecule has 150 valence electrons. The van der Waals surface area contributed by atoms with Crippen LogP contribution in [0.2, 0.25) is 10.0 Å². The lowest BCUT2D eigenvalue weighted by Gasteiger charge is -2.11. The average Bonchev–Trinajstić information content (AvgIpc) is 3.23. The van der Waals surface area contributed by atoms with Crippen molar-refractivity contribution < 1.29 is 18.3 Å². The van der Waals surface area contributed by atoms with E-state index in [1.165, 1.54) is 12.1 Å². The third-order valence-electron chi connectivity index (χ3n) is 4.62. The molecule has 2 heterocycles. The highest BCUT2D eigenvalue weighted by molar-refractivity contribution is 6.31. The second-order valence-electron chi connectivity index (χ2n) is 6.68. The van der Waals surface area contributed by atoms with Gasteiger partial charge in [0.25, 0.3) is 5.91 Å². The van der Waals surface area contributed by atoms with Crippen molar-refractivity contribution >= 4 is 45.8 Å². The van der Waals surface area contributed by atoms with Crippen molar-refractivity contribution in [2.45, 2.75) is 18.9 Å². The smallest absolute Gasteiger partial charge is 0.256 e. The molecule has 0 bridgehead atoms. The number of rotatable bonds is 4. The normalized spacial score (nSPS) is 17.1. The third-order valence-corrected chi connectivity index (χ3v) is 5.15. The summed E-state index contributed by atoms with van der Waals surface area (Å²) in [5.41, 5.74) is 0.581. The topological polar surface area (TPSA) is 63.8 Å². The van der Waals surface area contributed by atoms with E-state index in [0.29, 0.717) is 29.1 Å². The summed E-state index contributed by atoms with van der Waals surface area (Å²) in [5.74, 6) is -1.08. The van der Waals surface area contributed by atoms with Gasteiger partial charge in [0.15, 0.2) is 5.82 Å². The van der Waals surface area contributed by atoms with Crippen LogP contribution >= 0.6 is 23.2 Å². The number of hydrogen-bond acceptors (Lipinski definition) is 4. The molecule has 1 saturated heterocycles. The summed E-state index contributed by atoms with van der Waals surface area (Å²) >= 11 is 11.9. The monoisotopic (exact) mass is 434 g/mol. The molecule has 1 atom stereocenters. The van der Waals surface area contributed by atoms with E-state index in [9.17, 15) is 9.18 Å². The number of carbonyl (C=O) groups excluding carboxylic acids is 1. The fourth-order valence-electron chi connectivity index (χ4n) is 3.14. The molecule has 0 radical (unpaired) electrons. The number of benzene rings is 2. The van der Waals surface area contributed by atoms with Crippen LogP contribution in [0.5, 0.6) is 0 Å². The molecule has 0 spiro atoms. The first kappa shape index (κ1) is 19.9. The van der Waals surface area contributed by atoms with E-state index in [-0.39, 0.29) is 27.9 Å². The first-order valence-electron chi connectivity index (χ1n) is 9.13. The van der Waals surface area contributed by atoms with Crippen molar-refractivity contribution in [1.29, 1.82) is 0 Å². The number of nitrogens with one attached hydrogen (secondary N) is 1. The summed E-state index contributed by atoms with van der Waals surface area (Å²) < 4.78 is 25.7.